The Bertz CT molecular complexity index is 521. The lowest BCUT2D eigenvalue weighted by molar-refractivity contribution is 0.652. The van der Waals surface area contributed by atoms with Crippen molar-refractivity contribution in [1.29, 1.82) is 0 Å². The summed E-state index contributed by atoms with van der Waals surface area (Å²) in [5.74, 6) is 0. The molecule has 0 saturated heterocycles. The normalized spacial score (nSPS) is 12.4. The Balaban J connectivity index is 2.05. The van der Waals surface area contributed by atoms with Crippen LogP contribution in [-0.4, -0.2) is 14.1 Å². The number of benzene rings is 1. The van der Waals surface area contributed by atoms with Crippen molar-refractivity contribution < 1.29 is 0 Å². The fourth-order valence-corrected chi connectivity index (χ4v) is 3.09. The van der Waals surface area contributed by atoms with Crippen molar-refractivity contribution in [2.24, 2.45) is 0 Å². The molecule has 1 atom stereocenters. The van der Waals surface area contributed by atoms with Crippen molar-refractivity contribution >= 4 is 28.6 Å². The lowest BCUT2D eigenvalue weighted by Crippen LogP contribution is -2.16. The van der Waals surface area contributed by atoms with Gasteiger partial charge in [-0.05, 0) is 43.8 Å². The summed E-state index contributed by atoms with van der Waals surface area (Å²) in [6, 6.07) is 13.1. The standard InChI is InChI=1S/C15H19ClN2S/c1-11(17-2)12-4-6-13(7-5-12)18(3)10-14-8-9-15(16)19-14/h4-9,11,17H,10H2,1-3H3. The molecule has 1 unspecified atom stereocenters. The highest BCUT2D eigenvalue weighted by Crippen LogP contribution is 2.25. The summed E-state index contributed by atoms with van der Waals surface area (Å²) in [5, 5.41) is 3.25. The summed E-state index contributed by atoms with van der Waals surface area (Å²) in [6.45, 7) is 3.05. The predicted octanol–water partition coefficient (Wildman–Crippen LogP) is 4.32. The minimum Gasteiger partial charge on any atom is -0.369 e. The molecule has 1 N–H and O–H groups in total. The lowest BCUT2D eigenvalue weighted by atomic mass is 10.1. The van der Waals surface area contributed by atoms with Crippen LogP contribution in [0.3, 0.4) is 0 Å². The van der Waals surface area contributed by atoms with Gasteiger partial charge < -0.3 is 10.2 Å². The van der Waals surface area contributed by atoms with Crippen LogP contribution in [0.25, 0.3) is 0 Å². The molecule has 0 spiro atoms. The largest absolute Gasteiger partial charge is 0.369 e. The number of rotatable bonds is 5. The first kappa shape index (κ1) is 14.4. The maximum absolute atomic E-state index is 5.95. The molecule has 2 rings (SSSR count). The van der Waals surface area contributed by atoms with Gasteiger partial charge in [0.2, 0.25) is 0 Å². The summed E-state index contributed by atoms with van der Waals surface area (Å²) in [5.41, 5.74) is 2.52. The van der Waals surface area contributed by atoms with Crippen molar-refractivity contribution in [2.45, 2.75) is 19.5 Å². The van der Waals surface area contributed by atoms with E-state index >= 15 is 0 Å². The van der Waals surface area contributed by atoms with Gasteiger partial charge in [0.05, 0.1) is 10.9 Å². The van der Waals surface area contributed by atoms with Crippen LogP contribution in [0.5, 0.6) is 0 Å². The second kappa shape index (κ2) is 6.42. The zero-order valence-corrected chi connectivity index (χ0v) is 13.1. The number of nitrogens with one attached hydrogen (secondary N) is 1. The van der Waals surface area contributed by atoms with Crippen molar-refractivity contribution in [3.63, 3.8) is 0 Å². The Hall–Kier alpha value is -1.03. The molecular weight excluding hydrogens is 276 g/mol. The second-order valence-electron chi connectivity index (χ2n) is 4.66. The first-order valence-corrected chi connectivity index (χ1v) is 7.52. The van der Waals surface area contributed by atoms with Gasteiger partial charge in [-0.15, -0.1) is 11.3 Å². The second-order valence-corrected chi connectivity index (χ2v) is 6.46. The van der Waals surface area contributed by atoms with E-state index in [2.05, 4.69) is 54.5 Å². The highest BCUT2D eigenvalue weighted by atomic mass is 35.5. The smallest absolute Gasteiger partial charge is 0.0931 e. The van der Waals surface area contributed by atoms with Gasteiger partial charge in [-0.25, -0.2) is 0 Å². The Labute approximate surface area is 124 Å². The topological polar surface area (TPSA) is 15.3 Å². The predicted molar refractivity (Wildman–Crippen MR) is 85.4 cm³/mol. The quantitative estimate of drug-likeness (QED) is 0.883. The minimum atomic E-state index is 0.385. The van der Waals surface area contributed by atoms with Gasteiger partial charge in [0.1, 0.15) is 0 Å². The average molecular weight is 295 g/mol. The molecule has 1 aromatic carbocycles. The highest BCUT2D eigenvalue weighted by Gasteiger charge is 2.06. The molecule has 0 bridgehead atoms. The first-order valence-electron chi connectivity index (χ1n) is 6.32. The number of hydrogen-bond donors (Lipinski definition) is 1. The number of anilines is 1. The lowest BCUT2D eigenvalue weighted by Gasteiger charge is -2.19. The molecule has 0 radical (unpaired) electrons. The third kappa shape index (κ3) is 3.72. The molecule has 0 amide bonds. The molecule has 0 fully saturated rings. The van der Waals surface area contributed by atoms with E-state index in [1.165, 1.54) is 16.1 Å². The van der Waals surface area contributed by atoms with E-state index in [1.807, 2.05) is 13.1 Å². The Morgan fingerprint density at radius 1 is 1.21 bits per heavy atom. The van der Waals surface area contributed by atoms with Crippen LogP contribution in [0.2, 0.25) is 4.34 Å². The van der Waals surface area contributed by atoms with E-state index in [9.17, 15) is 0 Å². The molecule has 2 aromatic rings. The van der Waals surface area contributed by atoms with Crippen LogP contribution in [0.15, 0.2) is 36.4 Å². The summed E-state index contributed by atoms with van der Waals surface area (Å²) in [4.78, 5) is 3.51. The van der Waals surface area contributed by atoms with Gasteiger partial charge in [-0.1, -0.05) is 23.7 Å². The van der Waals surface area contributed by atoms with Crippen LogP contribution >= 0.6 is 22.9 Å². The van der Waals surface area contributed by atoms with Gasteiger partial charge in [0.25, 0.3) is 0 Å². The maximum Gasteiger partial charge on any atom is 0.0931 e. The van der Waals surface area contributed by atoms with Crippen LogP contribution < -0.4 is 10.2 Å². The third-order valence-corrected chi connectivity index (χ3v) is 4.50. The number of thiophene rings is 1. The summed E-state index contributed by atoms with van der Waals surface area (Å²) < 4.78 is 0.849. The highest BCUT2D eigenvalue weighted by molar-refractivity contribution is 7.16. The van der Waals surface area contributed by atoms with Gasteiger partial charge in [0.15, 0.2) is 0 Å². The fourth-order valence-electron chi connectivity index (χ4n) is 1.95. The van der Waals surface area contributed by atoms with Crippen molar-refractivity contribution in [3.05, 3.63) is 51.2 Å². The molecule has 0 aliphatic heterocycles. The van der Waals surface area contributed by atoms with Gasteiger partial charge >= 0.3 is 0 Å². The average Bonchev–Trinajstić information content (AvgIpc) is 2.83. The SMILES string of the molecule is CNC(C)c1ccc(N(C)Cc2ccc(Cl)s2)cc1. The van der Waals surface area contributed by atoms with Crippen molar-refractivity contribution in [1.82, 2.24) is 5.32 Å². The minimum absolute atomic E-state index is 0.385. The van der Waals surface area contributed by atoms with Crippen LogP contribution in [0.4, 0.5) is 5.69 Å². The molecule has 2 nitrogen and oxygen atoms in total. The number of nitrogens with zero attached hydrogens (tertiary/aromatic N) is 1. The summed E-state index contributed by atoms with van der Waals surface area (Å²) >= 11 is 7.59. The molecule has 102 valence electrons. The van der Waals surface area contributed by atoms with E-state index in [-0.39, 0.29) is 0 Å². The Morgan fingerprint density at radius 2 is 1.89 bits per heavy atom. The number of hydrogen-bond acceptors (Lipinski definition) is 3. The molecule has 4 heteroatoms. The molecule has 0 aliphatic rings. The van der Waals surface area contributed by atoms with E-state index in [1.54, 1.807) is 11.3 Å². The maximum atomic E-state index is 5.95. The fraction of sp³-hybridized carbons (Fsp3) is 0.333. The molecule has 0 aliphatic carbocycles. The van der Waals surface area contributed by atoms with Gasteiger partial charge in [-0.3, -0.25) is 0 Å². The van der Waals surface area contributed by atoms with Crippen molar-refractivity contribution in [2.75, 3.05) is 19.0 Å². The summed E-state index contributed by atoms with van der Waals surface area (Å²) in [6.07, 6.45) is 0. The molecule has 0 saturated carbocycles. The number of halogens is 1. The summed E-state index contributed by atoms with van der Waals surface area (Å²) in [7, 11) is 4.08. The molecular formula is C15H19ClN2S. The molecule has 19 heavy (non-hydrogen) atoms. The van der Waals surface area contributed by atoms with Crippen molar-refractivity contribution in [3.8, 4) is 0 Å². The third-order valence-electron chi connectivity index (χ3n) is 3.29. The van der Waals surface area contributed by atoms with E-state index in [0.717, 1.165) is 10.9 Å². The zero-order chi connectivity index (χ0) is 13.8. The van der Waals surface area contributed by atoms with E-state index in [4.69, 9.17) is 11.6 Å². The van der Waals surface area contributed by atoms with Gasteiger partial charge in [-0.2, -0.15) is 0 Å². The molecule has 1 heterocycles. The monoisotopic (exact) mass is 294 g/mol. The van der Waals surface area contributed by atoms with Crippen LogP contribution in [0.1, 0.15) is 23.4 Å². The van der Waals surface area contributed by atoms with Gasteiger partial charge in [0, 0.05) is 23.7 Å². The van der Waals surface area contributed by atoms with E-state index < -0.39 is 0 Å². The molecule has 1 aromatic heterocycles. The Kier molecular flexibility index (Phi) is 4.86. The zero-order valence-electron chi connectivity index (χ0n) is 11.5. The van der Waals surface area contributed by atoms with E-state index in [0.29, 0.717) is 6.04 Å². The first-order chi connectivity index (χ1) is 9.10. The Morgan fingerprint density at radius 3 is 2.42 bits per heavy atom. The van der Waals surface area contributed by atoms with Crippen LogP contribution in [-0.2, 0) is 6.54 Å². The van der Waals surface area contributed by atoms with Crippen LogP contribution in [0, 0.1) is 0 Å².